The number of aryl methyl sites for hydroxylation is 1. The first kappa shape index (κ1) is 10.8. The van der Waals surface area contributed by atoms with Crippen LogP contribution in [0.25, 0.3) is 0 Å². The number of ketones is 1. The van der Waals surface area contributed by atoms with Crippen LogP contribution in [0.5, 0.6) is 0 Å². The van der Waals surface area contributed by atoms with E-state index in [0.717, 1.165) is 9.22 Å². The summed E-state index contributed by atoms with van der Waals surface area (Å²) in [5.74, 6) is 0.600. The molecule has 0 aliphatic rings. The molecule has 2 heterocycles. The Morgan fingerprint density at radius 2 is 2.40 bits per heavy atom. The van der Waals surface area contributed by atoms with Crippen LogP contribution in [-0.2, 0) is 0 Å². The third-order valence-electron chi connectivity index (χ3n) is 1.68. The average molecular weight is 256 g/mol. The third-order valence-corrected chi connectivity index (χ3v) is 4.52. The van der Waals surface area contributed by atoms with E-state index in [1.54, 1.807) is 0 Å². The van der Waals surface area contributed by atoms with Crippen molar-refractivity contribution < 1.29 is 4.79 Å². The molecule has 0 N–H and O–H groups in total. The molecule has 0 aliphatic heterocycles. The number of hydrogen-bond donors (Lipinski definition) is 0. The van der Waals surface area contributed by atoms with Gasteiger partial charge in [-0.25, -0.2) is 4.98 Å². The molecule has 0 aliphatic carbocycles. The maximum absolute atomic E-state index is 11.7. The minimum Gasteiger partial charge on any atom is -0.292 e. The van der Waals surface area contributed by atoms with Crippen LogP contribution in [-0.4, -0.2) is 20.9 Å². The lowest BCUT2D eigenvalue weighted by Crippen LogP contribution is -1.98. The smallest absolute Gasteiger partial charge is 0.183 e. The number of carbonyl (C=O) groups is 1. The summed E-state index contributed by atoms with van der Waals surface area (Å²) in [4.78, 5) is 17.7. The van der Waals surface area contributed by atoms with Gasteiger partial charge in [-0.1, -0.05) is 11.8 Å². The van der Waals surface area contributed by atoms with Crippen LogP contribution in [0.1, 0.15) is 14.5 Å². The molecule has 3 nitrogen and oxygen atoms in total. The molecular weight excluding hydrogens is 248 g/mol. The fraction of sp³-hybridized carbons (Fsp3) is 0.222. The molecule has 78 valence electrons. The Morgan fingerprint density at radius 1 is 1.53 bits per heavy atom. The summed E-state index contributed by atoms with van der Waals surface area (Å²) in [6.45, 7) is 2.00. The largest absolute Gasteiger partial charge is 0.292 e. The Morgan fingerprint density at radius 3 is 3.00 bits per heavy atom. The number of aromatic nitrogens is 2. The summed E-state index contributed by atoms with van der Waals surface area (Å²) in [6, 6.07) is 3.84. The average Bonchev–Trinajstić information content (AvgIpc) is 2.84. The molecule has 0 radical (unpaired) electrons. The van der Waals surface area contributed by atoms with Gasteiger partial charge in [0.2, 0.25) is 0 Å². The standard InChI is InChI=1S/C9H8N2OS3/c1-6-2-3-8(14-6)7(12)4-13-9-10-5-11-15-9/h2-3,5H,4H2,1H3. The zero-order chi connectivity index (χ0) is 10.7. The molecular formula is C9H8N2OS3. The summed E-state index contributed by atoms with van der Waals surface area (Å²) in [5, 5.41) is 0. The van der Waals surface area contributed by atoms with Gasteiger partial charge in [0.05, 0.1) is 10.6 Å². The molecule has 0 unspecified atom stereocenters. The van der Waals surface area contributed by atoms with Crippen LogP contribution in [0.2, 0.25) is 0 Å². The second kappa shape index (κ2) is 4.87. The fourth-order valence-corrected chi connectivity index (χ4v) is 3.23. The van der Waals surface area contributed by atoms with Crippen LogP contribution >= 0.6 is 34.6 Å². The third kappa shape index (κ3) is 2.87. The molecule has 6 heteroatoms. The van der Waals surface area contributed by atoms with E-state index < -0.39 is 0 Å². The van der Waals surface area contributed by atoms with Gasteiger partial charge >= 0.3 is 0 Å². The summed E-state index contributed by atoms with van der Waals surface area (Å²) in [5.41, 5.74) is 0. The van der Waals surface area contributed by atoms with E-state index in [0.29, 0.717) is 5.75 Å². The van der Waals surface area contributed by atoms with E-state index in [2.05, 4.69) is 9.36 Å². The summed E-state index contributed by atoms with van der Waals surface area (Å²) < 4.78 is 4.72. The van der Waals surface area contributed by atoms with Gasteiger partial charge < -0.3 is 0 Å². The number of hydrogen-bond acceptors (Lipinski definition) is 6. The zero-order valence-electron chi connectivity index (χ0n) is 7.97. The van der Waals surface area contributed by atoms with Gasteiger partial charge in [-0.2, -0.15) is 4.37 Å². The lowest BCUT2D eigenvalue weighted by atomic mass is 10.3. The second-order valence-corrected chi connectivity index (χ2v) is 6.12. The van der Waals surface area contributed by atoms with Gasteiger partial charge in [-0.05, 0) is 30.6 Å². The molecule has 0 saturated heterocycles. The Hall–Kier alpha value is -0.720. The predicted octanol–water partition coefficient (Wildman–Crippen LogP) is 2.88. The highest BCUT2D eigenvalue weighted by molar-refractivity contribution is 8.01. The highest BCUT2D eigenvalue weighted by Gasteiger charge is 2.09. The molecule has 2 aromatic heterocycles. The van der Waals surface area contributed by atoms with E-state index in [1.165, 1.54) is 45.8 Å². The Bertz CT molecular complexity index is 450. The van der Waals surface area contributed by atoms with Crippen LogP contribution in [0.4, 0.5) is 0 Å². The van der Waals surface area contributed by atoms with Gasteiger partial charge in [0, 0.05) is 4.88 Å². The first-order chi connectivity index (χ1) is 7.25. The maximum atomic E-state index is 11.7. The summed E-state index contributed by atoms with van der Waals surface area (Å²) in [6.07, 6.45) is 1.51. The van der Waals surface area contributed by atoms with Crippen molar-refractivity contribution in [2.24, 2.45) is 0 Å². The first-order valence-corrected chi connectivity index (χ1v) is 6.82. The van der Waals surface area contributed by atoms with E-state index in [-0.39, 0.29) is 5.78 Å². The molecule has 0 fully saturated rings. The van der Waals surface area contributed by atoms with E-state index in [9.17, 15) is 4.79 Å². The topological polar surface area (TPSA) is 42.9 Å². The van der Waals surface area contributed by atoms with Crippen LogP contribution in [0, 0.1) is 6.92 Å². The highest BCUT2D eigenvalue weighted by atomic mass is 32.2. The molecule has 0 bridgehead atoms. The van der Waals surface area contributed by atoms with Gasteiger partial charge in [-0.15, -0.1) is 11.3 Å². The van der Waals surface area contributed by atoms with E-state index >= 15 is 0 Å². The maximum Gasteiger partial charge on any atom is 0.183 e. The zero-order valence-corrected chi connectivity index (χ0v) is 10.4. The van der Waals surface area contributed by atoms with Crippen molar-refractivity contribution in [2.75, 3.05) is 5.75 Å². The van der Waals surface area contributed by atoms with Crippen molar-refractivity contribution in [2.45, 2.75) is 11.3 Å². The molecule has 0 aromatic carbocycles. The van der Waals surface area contributed by atoms with Crippen LogP contribution < -0.4 is 0 Å². The van der Waals surface area contributed by atoms with Crippen molar-refractivity contribution in [1.29, 1.82) is 0 Å². The molecule has 2 aromatic rings. The number of nitrogens with zero attached hydrogens (tertiary/aromatic N) is 2. The summed E-state index contributed by atoms with van der Waals surface area (Å²) >= 11 is 4.30. The first-order valence-electron chi connectivity index (χ1n) is 4.25. The minimum atomic E-state index is 0.160. The quantitative estimate of drug-likeness (QED) is 0.623. The van der Waals surface area contributed by atoms with Crippen LogP contribution in [0.15, 0.2) is 22.8 Å². The SMILES string of the molecule is Cc1ccc(C(=O)CSc2ncns2)s1. The number of Topliss-reactive ketones (excluding diaryl/α,β-unsaturated/α-hetero) is 1. The molecule has 0 saturated carbocycles. The predicted molar refractivity (Wildman–Crippen MR) is 64.0 cm³/mol. The second-order valence-electron chi connectivity index (χ2n) is 2.83. The normalized spacial score (nSPS) is 10.5. The van der Waals surface area contributed by atoms with Gasteiger partial charge in [0.15, 0.2) is 10.1 Å². The highest BCUT2D eigenvalue weighted by Crippen LogP contribution is 2.22. The fourth-order valence-electron chi connectivity index (χ4n) is 1.01. The Kier molecular flexibility index (Phi) is 3.50. The van der Waals surface area contributed by atoms with E-state index in [1.807, 2.05) is 19.1 Å². The van der Waals surface area contributed by atoms with Gasteiger partial charge in [0.1, 0.15) is 6.33 Å². The number of thiophene rings is 1. The lowest BCUT2D eigenvalue weighted by molar-refractivity contribution is 0.102. The Labute approximate surface area is 99.7 Å². The van der Waals surface area contributed by atoms with Crippen molar-refractivity contribution >= 4 is 40.4 Å². The van der Waals surface area contributed by atoms with Crippen molar-refractivity contribution in [3.63, 3.8) is 0 Å². The number of rotatable bonds is 4. The van der Waals surface area contributed by atoms with E-state index in [4.69, 9.17) is 0 Å². The molecule has 15 heavy (non-hydrogen) atoms. The molecule has 0 spiro atoms. The number of carbonyl (C=O) groups excluding carboxylic acids is 1. The Balaban J connectivity index is 1.93. The van der Waals surface area contributed by atoms with Crippen molar-refractivity contribution in [1.82, 2.24) is 9.36 Å². The van der Waals surface area contributed by atoms with Crippen LogP contribution in [0.3, 0.4) is 0 Å². The minimum absolute atomic E-state index is 0.160. The molecule has 0 amide bonds. The van der Waals surface area contributed by atoms with Gasteiger partial charge in [-0.3, -0.25) is 4.79 Å². The monoisotopic (exact) mass is 256 g/mol. The van der Waals surface area contributed by atoms with Crippen molar-refractivity contribution in [3.05, 3.63) is 28.2 Å². The lowest BCUT2D eigenvalue weighted by Gasteiger charge is -1.94. The number of thioether (sulfide) groups is 1. The van der Waals surface area contributed by atoms with Gasteiger partial charge in [0.25, 0.3) is 0 Å². The molecule has 0 atom stereocenters. The molecule has 2 rings (SSSR count). The van der Waals surface area contributed by atoms with Crippen molar-refractivity contribution in [3.8, 4) is 0 Å². The summed E-state index contributed by atoms with van der Waals surface area (Å²) in [7, 11) is 0.